The van der Waals surface area contributed by atoms with Gasteiger partial charge in [0.1, 0.15) is 0 Å². The Morgan fingerprint density at radius 3 is 2.62 bits per heavy atom. The third-order valence-corrected chi connectivity index (χ3v) is 23.9. The normalized spacial score (nSPS) is 20.8. The second-order valence-electron chi connectivity index (χ2n) is 11.8. The molecule has 2 aromatic rings. The van der Waals surface area contributed by atoms with Crippen molar-refractivity contribution in [1.29, 1.82) is 0 Å². The molecule has 0 saturated carbocycles. The van der Waals surface area contributed by atoms with E-state index in [4.69, 9.17) is 4.42 Å². The molecule has 3 fully saturated rings. The van der Waals surface area contributed by atoms with E-state index in [1.54, 1.807) is 43.3 Å². The molecule has 0 spiro atoms. The summed E-state index contributed by atoms with van der Waals surface area (Å²) in [5.41, 5.74) is 2.85. The minimum absolute atomic E-state index is 0.00224. The van der Waals surface area contributed by atoms with Crippen molar-refractivity contribution in [2.45, 2.75) is 49.9 Å². The number of aryl methyl sites for hydroxylation is 1. The molecule has 0 unspecified atom stereocenters. The first-order valence-corrected chi connectivity index (χ1v) is 23.8. The van der Waals surface area contributed by atoms with Crippen molar-refractivity contribution in [3.63, 3.8) is 0 Å². The van der Waals surface area contributed by atoms with Crippen LogP contribution < -0.4 is 25.7 Å². The first kappa shape index (κ1) is 32.3. The molecule has 14 heteroatoms. The summed E-state index contributed by atoms with van der Waals surface area (Å²) in [5, 5.41) is 30.7. The van der Waals surface area contributed by atoms with E-state index >= 15 is 0 Å². The van der Waals surface area contributed by atoms with Crippen LogP contribution in [0.3, 0.4) is 0 Å². The molecule has 2 aromatic carbocycles. The molecule has 0 radical (unpaired) electrons. The SMILES string of the molecule is Cc1c(O)ccc2c(-c3ccc(NC(=O)CCCC[C@@H]4SC[C@@H]5NC(=O)N[C@@H]54)cc3C(=O)O)c3ccc(=O)c([As]4SCCS4)c-3oc12. The van der Waals surface area contributed by atoms with Crippen LogP contribution in [-0.2, 0) is 4.79 Å². The number of carboxylic acid groups (broad SMARTS) is 1. The third kappa shape index (κ3) is 6.23. The van der Waals surface area contributed by atoms with Crippen molar-refractivity contribution < 1.29 is 29.0 Å². The van der Waals surface area contributed by atoms with Crippen LogP contribution in [0.1, 0.15) is 41.6 Å². The van der Waals surface area contributed by atoms with E-state index in [9.17, 15) is 29.4 Å². The number of aromatic hydroxyl groups is 1. The van der Waals surface area contributed by atoms with Gasteiger partial charge in [0.2, 0.25) is 0 Å². The van der Waals surface area contributed by atoms with Crippen LogP contribution in [0, 0.1) is 6.92 Å². The van der Waals surface area contributed by atoms with Crippen molar-refractivity contribution >= 4 is 83.1 Å². The molecule has 7 rings (SSSR count). The maximum absolute atomic E-state index is 13.2. The van der Waals surface area contributed by atoms with Gasteiger partial charge in [-0.2, -0.15) is 11.8 Å². The Morgan fingerprint density at radius 1 is 1.04 bits per heavy atom. The number of phenolic OH excluding ortho intramolecular Hbond substituents is 1. The number of rotatable bonds is 9. The van der Waals surface area contributed by atoms with E-state index in [0.717, 1.165) is 30.1 Å². The number of nitrogens with one attached hydrogen (secondary N) is 3. The van der Waals surface area contributed by atoms with Gasteiger partial charge in [0.25, 0.3) is 0 Å². The van der Waals surface area contributed by atoms with Crippen molar-refractivity contribution in [3.05, 3.63) is 63.8 Å². The van der Waals surface area contributed by atoms with Crippen LogP contribution >= 0.6 is 31.8 Å². The second kappa shape index (κ2) is 13.3. The van der Waals surface area contributed by atoms with Gasteiger partial charge in [0.15, 0.2) is 0 Å². The molecule has 0 aromatic heterocycles. The fourth-order valence-corrected chi connectivity index (χ4v) is 22.8. The Morgan fingerprint density at radius 2 is 1.83 bits per heavy atom. The number of anilines is 1. The van der Waals surface area contributed by atoms with Gasteiger partial charge in [-0.1, -0.05) is 6.42 Å². The van der Waals surface area contributed by atoms with Crippen molar-refractivity contribution in [2.75, 3.05) is 22.6 Å². The zero-order valence-corrected chi connectivity index (χ0v) is 29.7. The number of aromatic carboxylic acids is 1. The Hall–Kier alpha value is -3.25. The number of phenols is 1. The number of carbonyl (C=O) groups excluding carboxylic acids is 2. The third-order valence-electron chi connectivity index (χ3n) is 8.78. The molecule has 10 nitrogen and oxygen atoms in total. The monoisotopic (exact) mass is 753 g/mol. The van der Waals surface area contributed by atoms with Crippen LogP contribution in [0.2, 0.25) is 0 Å². The molecule has 3 saturated heterocycles. The second-order valence-corrected chi connectivity index (χ2v) is 24.6. The number of hydrogen-bond acceptors (Lipinski definition) is 9. The Labute approximate surface area is 285 Å². The number of unbranched alkanes of at least 4 members (excludes halogenated alkanes) is 1. The summed E-state index contributed by atoms with van der Waals surface area (Å²) in [6, 6.07) is 11.6. The first-order chi connectivity index (χ1) is 22.7. The van der Waals surface area contributed by atoms with Gasteiger partial charge in [-0.25, -0.2) is 4.79 Å². The standard InChI is InChI=1S/C33H32AsN3O7S3/c1-16-23(38)10-8-19-27(20-9-11-24(39)28(31(20)44-30(16)19)34-46-12-13-47-34)18-7-6-17(14-21(18)32(41)42)35-26(40)5-3-2-4-25-29-22(15-45-25)36-33(43)37-29/h6-11,14,22,25,29,38H,2-5,12-13,15H2,1H3,(H,35,40)(H,41,42)(H2,36,37,43)/t22-,25-,29-/m0/s1. The molecule has 0 bridgehead atoms. The van der Waals surface area contributed by atoms with E-state index in [2.05, 4.69) is 16.0 Å². The predicted molar refractivity (Wildman–Crippen MR) is 191 cm³/mol. The molecule has 5 N–H and O–H groups in total. The molecular formula is C33H32AsN3O7S3. The molecule has 47 heavy (non-hydrogen) atoms. The first-order valence-electron chi connectivity index (χ1n) is 15.3. The summed E-state index contributed by atoms with van der Waals surface area (Å²) in [6.45, 7) is 1.73. The zero-order chi connectivity index (χ0) is 32.8. The van der Waals surface area contributed by atoms with Crippen LogP contribution in [-0.4, -0.2) is 75.1 Å². The number of hydrogen-bond donors (Lipinski definition) is 5. The van der Waals surface area contributed by atoms with Gasteiger partial charge in [-0.05, 0) is 6.42 Å². The predicted octanol–water partition coefficient (Wildman–Crippen LogP) is 5.12. The van der Waals surface area contributed by atoms with Gasteiger partial charge in [0, 0.05) is 11.0 Å². The minimum atomic E-state index is -1.84. The fourth-order valence-electron chi connectivity index (χ4n) is 6.49. The number of carboxylic acids is 1. The van der Waals surface area contributed by atoms with Gasteiger partial charge in [0.05, 0.1) is 12.1 Å². The number of carbonyl (C=O) groups is 3. The van der Waals surface area contributed by atoms with Crippen LogP contribution in [0.4, 0.5) is 10.5 Å². The van der Waals surface area contributed by atoms with Crippen molar-refractivity contribution in [2.24, 2.45) is 0 Å². The number of thioether (sulfide) groups is 1. The van der Waals surface area contributed by atoms with Crippen LogP contribution in [0.15, 0.2) is 51.7 Å². The molecule has 4 aliphatic heterocycles. The number of benzene rings is 3. The molecule has 244 valence electrons. The topological polar surface area (TPSA) is 158 Å². The molecule has 5 aliphatic rings. The molecule has 3 atom stereocenters. The Balaban J connectivity index is 1.17. The van der Waals surface area contributed by atoms with E-state index in [0.29, 0.717) is 67.1 Å². The van der Waals surface area contributed by atoms with E-state index in [-0.39, 0.29) is 40.8 Å². The molecule has 4 heterocycles. The van der Waals surface area contributed by atoms with Gasteiger partial charge < -0.3 is 10.6 Å². The van der Waals surface area contributed by atoms with E-state index in [1.807, 2.05) is 31.8 Å². The van der Waals surface area contributed by atoms with Gasteiger partial charge in [-0.15, -0.1) is 0 Å². The van der Waals surface area contributed by atoms with Gasteiger partial charge >= 0.3 is 224 Å². The summed E-state index contributed by atoms with van der Waals surface area (Å²) >= 11 is 0.00778. The number of amides is 3. The molecule has 1 aliphatic carbocycles. The Kier molecular flexibility index (Phi) is 9.17. The number of urea groups is 1. The van der Waals surface area contributed by atoms with E-state index in [1.165, 1.54) is 6.07 Å². The van der Waals surface area contributed by atoms with Crippen LogP contribution in [0.25, 0.3) is 33.4 Å². The summed E-state index contributed by atoms with van der Waals surface area (Å²) < 4.78 is 7.12. The van der Waals surface area contributed by atoms with Crippen molar-refractivity contribution in [1.82, 2.24) is 10.6 Å². The average molecular weight is 754 g/mol. The average Bonchev–Trinajstić information content (AvgIpc) is 3.79. The zero-order valence-electron chi connectivity index (χ0n) is 25.3. The molecular weight excluding hydrogens is 722 g/mol. The summed E-state index contributed by atoms with van der Waals surface area (Å²) in [5.74, 6) is 1.95. The quantitative estimate of drug-likeness (QED) is 0.0673. The maximum atomic E-state index is 13.2. The van der Waals surface area contributed by atoms with Crippen molar-refractivity contribution in [3.8, 4) is 28.2 Å². The Bertz CT molecular complexity index is 1950. The summed E-state index contributed by atoms with van der Waals surface area (Å²) in [6.07, 6.45) is 2.71. The summed E-state index contributed by atoms with van der Waals surface area (Å²) in [4.78, 5) is 50.5. The summed E-state index contributed by atoms with van der Waals surface area (Å²) in [7, 11) is 3.64. The van der Waals surface area contributed by atoms with E-state index < -0.39 is 18.3 Å². The molecule has 3 amide bonds. The van der Waals surface area contributed by atoms with Crippen LogP contribution in [0.5, 0.6) is 5.75 Å². The fraction of sp³-hybridized carbons (Fsp3) is 0.333. The van der Waals surface area contributed by atoms with Gasteiger partial charge in [-0.3, -0.25) is 0 Å². The number of fused-ring (bicyclic) bond motifs is 3.